The SMILES string of the molecule is CCOc1ccc(C(=O)O)cc1.COc1ccc(C(=O)O)cc1. The monoisotopic (exact) mass is 318 g/mol. The van der Waals surface area contributed by atoms with E-state index in [1.54, 1.807) is 24.3 Å². The summed E-state index contributed by atoms with van der Waals surface area (Å²) >= 11 is 0. The minimum atomic E-state index is -0.923. The number of aromatic carboxylic acids is 2. The zero-order valence-electron chi connectivity index (χ0n) is 12.9. The summed E-state index contributed by atoms with van der Waals surface area (Å²) in [4.78, 5) is 20.8. The zero-order chi connectivity index (χ0) is 17.2. The summed E-state index contributed by atoms with van der Waals surface area (Å²) in [6.45, 7) is 2.47. The number of rotatable bonds is 5. The molecule has 2 aromatic carbocycles. The van der Waals surface area contributed by atoms with Crippen molar-refractivity contribution in [3.8, 4) is 11.5 Å². The summed E-state index contributed by atoms with van der Waals surface area (Å²) < 4.78 is 10.0. The van der Waals surface area contributed by atoms with Crippen molar-refractivity contribution in [2.24, 2.45) is 0 Å². The molecule has 0 spiro atoms. The lowest BCUT2D eigenvalue weighted by atomic mass is 10.2. The molecule has 0 heterocycles. The van der Waals surface area contributed by atoms with Crippen molar-refractivity contribution < 1.29 is 29.3 Å². The third-order valence-electron chi connectivity index (χ3n) is 2.75. The standard InChI is InChI=1S/C9H10O3.C8H8O3/c1-2-12-8-5-3-7(4-6-8)9(10)11;1-11-7-4-2-6(3-5-7)8(9)10/h3-6H,2H2,1H3,(H,10,11);2-5H,1H3,(H,9,10). The van der Waals surface area contributed by atoms with E-state index in [9.17, 15) is 9.59 Å². The largest absolute Gasteiger partial charge is 0.497 e. The van der Waals surface area contributed by atoms with E-state index < -0.39 is 11.9 Å². The summed E-state index contributed by atoms with van der Waals surface area (Å²) in [6, 6.07) is 12.6. The van der Waals surface area contributed by atoms with E-state index in [2.05, 4.69) is 0 Å². The van der Waals surface area contributed by atoms with Crippen LogP contribution in [0.25, 0.3) is 0 Å². The van der Waals surface area contributed by atoms with Crippen LogP contribution in [0.1, 0.15) is 27.6 Å². The summed E-state index contributed by atoms with van der Waals surface area (Å²) in [7, 11) is 1.54. The number of carboxylic acid groups (broad SMARTS) is 2. The first kappa shape index (κ1) is 18.0. The molecular weight excluding hydrogens is 300 g/mol. The Labute approximate surface area is 133 Å². The molecule has 23 heavy (non-hydrogen) atoms. The molecular formula is C17H18O6. The van der Waals surface area contributed by atoms with Crippen molar-refractivity contribution in [2.45, 2.75) is 6.92 Å². The molecule has 0 radical (unpaired) electrons. The Kier molecular flexibility index (Phi) is 7.13. The second kappa shape index (κ2) is 9.09. The van der Waals surface area contributed by atoms with Crippen LogP contribution in [0.4, 0.5) is 0 Å². The van der Waals surface area contributed by atoms with E-state index in [4.69, 9.17) is 19.7 Å². The second-order valence-corrected chi connectivity index (χ2v) is 4.30. The maximum Gasteiger partial charge on any atom is 0.335 e. The molecule has 0 saturated heterocycles. The highest BCUT2D eigenvalue weighted by Gasteiger charge is 2.01. The third-order valence-corrected chi connectivity index (χ3v) is 2.75. The van der Waals surface area contributed by atoms with Gasteiger partial charge in [-0.3, -0.25) is 0 Å². The van der Waals surface area contributed by atoms with Crippen molar-refractivity contribution >= 4 is 11.9 Å². The number of hydrogen-bond acceptors (Lipinski definition) is 4. The molecule has 0 atom stereocenters. The van der Waals surface area contributed by atoms with Gasteiger partial charge in [0.1, 0.15) is 11.5 Å². The lowest BCUT2D eigenvalue weighted by molar-refractivity contribution is 0.0686. The Morgan fingerprint density at radius 3 is 1.52 bits per heavy atom. The van der Waals surface area contributed by atoms with Crippen molar-refractivity contribution in [3.05, 3.63) is 59.7 Å². The molecule has 0 aliphatic carbocycles. The lowest BCUT2D eigenvalue weighted by Gasteiger charge is -2.01. The van der Waals surface area contributed by atoms with Crippen LogP contribution in [-0.2, 0) is 0 Å². The molecule has 0 aliphatic heterocycles. The first-order chi connectivity index (χ1) is 11.0. The summed E-state index contributed by atoms with van der Waals surface area (Å²) in [5, 5.41) is 17.1. The van der Waals surface area contributed by atoms with Gasteiger partial charge < -0.3 is 19.7 Å². The molecule has 2 N–H and O–H groups in total. The Balaban J connectivity index is 0.000000231. The average Bonchev–Trinajstić information content (AvgIpc) is 2.56. The Morgan fingerprint density at radius 2 is 1.22 bits per heavy atom. The quantitative estimate of drug-likeness (QED) is 0.879. The van der Waals surface area contributed by atoms with Crippen molar-refractivity contribution in [2.75, 3.05) is 13.7 Å². The topological polar surface area (TPSA) is 93.1 Å². The molecule has 2 aromatic rings. The maximum atomic E-state index is 10.4. The smallest absolute Gasteiger partial charge is 0.335 e. The minimum absolute atomic E-state index is 0.269. The molecule has 0 amide bonds. The molecule has 0 saturated carbocycles. The Morgan fingerprint density at radius 1 is 0.826 bits per heavy atom. The van der Waals surface area contributed by atoms with Gasteiger partial charge in [-0.1, -0.05) is 0 Å². The van der Waals surface area contributed by atoms with Gasteiger partial charge in [0.2, 0.25) is 0 Å². The van der Waals surface area contributed by atoms with Crippen molar-refractivity contribution in [1.29, 1.82) is 0 Å². The lowest BCUT2D eigenvalue weighted by Crippen LogP contribution is -1.96. The third kappa shape index (κ3) is 6.09. The molecule has 122 valence electrons. The van der Waals surface area contributed by atoms with Gasteiger partial charge in [-0.25, -0.2) is 9.59 Å². The second-order valence-electron chi connectivity index (χ2n) is 4.30. The number of carboxylic acids is 2. The average molecular weight is 318 g/mol. The van der Waals surface area contributed by atoms with Crippen LogP contribution in [0.3, 0.4) is 0 Å². The highest BCUT2D eigenvalue weighted by molar-refractivity contribution is 5.88. The highest BCUT2D eigenvalue weighted by atomic mass is 16.5. The normalized spacial score (nSPS) is 9.30. The summed E-state index contributed by atoms with van der Waals surface area (Å²) in [5.74, 6) is -0.483. The Hall–Kier alpha value is -3.02. The summed E-state index contributed by atoms with van der Waals surface area (Å²) in [6.07, 6.45) is 0. The Bertz CT molecular complexity index is 631. The van der Waals surface area contributed by atoms with E-state index >= 15 is 0 Å². The number of hydrogen-bond donors (Lipinski definition) is 2. The van der Waals surface area contributed by atoms with E-state index in [-0.39, 0.29) is 11.1 Å². The van der Waals surface area contributed by atoms with Crippen LogP contribution >= 0.6 is 0 Å². The molecule has 6 nitrogen and oxygen atoms in total. The predicted octanol–water partition coefficient (Wildman–Crippen LogP) is 3.18. The number of methoxy groups -OCH3 is 1. The van der Waals surface area contributed by atoms with Crippen molar-refractivity contribution in [1.82, 2.24) is 0 Å². The number of benzene rings is 2. The fourth-order valence-corrected chi connectivity index (χ4v) is 1.59. The van der Waals surface area contributed by atoms with E-state index in [1.165, 1.54) is 31.4 Å². The molecule has 0 unspecified atom stereocenters. The van der Waals surface area contributed by atoms with Gasteiger partial charge in [-0.2, -0.15) is 0 Å². The van der Waals surface area contributed by atoms with Crippen LogP contribution in [0, 0.1) is 0 Å². The van der Waals surface area contributed by atoms with Gasteiger partial charge in [0.25, 0.3) is 0 Å². The molecule has 0 aromatic heterocycles. The van der Waals surface area contributed by atoms with E-state index in [0.717, 1.165) is 0 Å². The number of carbonyl (C=O) groups is 2. The van der Waals surface area contributed by atoms with E-state index in [1.807, 2.05) is 6.92 Å². The minimum Gasteiger partial charge on any atom is -0.497 e. The van der Waals surface area contributed by atoms with Gasteiger partial charge >= 0.3 is 11.9 Å². The maximum absolute atomic E-state index is 10.4. The van der Waals surface area contributed by atoms with Crippen LogP contribution in [-0.4, -0.2) is 35.9 Å². The molecule has 0 bridgehead atoms. The highest BCUT2D eigenvalue weighted by Crippen LogP contribution is 2.12. The molecule has 0 aliphatic rings. The zero-order valence-corrected chi connectivity index (χ0v) is 12.9. The fraction of sp³-hybridized carbons (Fsp3) is 0.176. The van der Waals surface area contributed by atoms with Crippen LogP contribution in [0.15, 0.2) is 48.5 Å². The van der Waals surface area contributed by atoms with Crippen LogP contribution in [0.2, 0.25) is 0 Å². The molecule has 6 heteroatoms. The van der Waals surface area contributed by atoms with Crippen LogP contribution in [0.5, 0.6) is 11.5 Å². The fourth-order valence-electron chi connectivity index (χ4n) is 1.59. The van der Waals surface area contributed by atoms with Gasteiger partial charge in [0.15, 0.2) is 0 Å². The van der Waals surface area contributed by atoms with Gasteiger partial charge in [0.05, 0.1) is 24.8 Å². The first-order valence-corrected chi connectivity index (χ1v) is 6.81. The van der Waals surface area contributed by atoms with Crippen LogP contribution < -0.4 is 9.47 Å². The van der Waals surface area contributed by atoms with Crippen molar-refractivity contribution in [3.63, 3.8) is 0 Å². The number of ether oxygens (including phenoxy) is 2. The molecule has 0 fully saturated rings. The molecule has 2 rings (SSSR count). The van der Waals surface area contributed by atoms with Gasteiger partial charge in [-0.05, 0) is 55.5 Å². The first-order valence-electron chi connectivity index (χ1n) is 6.81. The summed E-state index contributed by atoms with van der Waals surface area (Å²) in [5.41, 5.74) is 0.546. The van der Waals surface area contributed by atoms with Gasteiger partial charge in [-0.15, -0.1) is 0 Å². The van der Waals surface area contributed by atoms with E-state index in [0.29, 0.717) is 18.1 Å². The predicted molar refractivity (Wildman–Crippen MR) is 84.5 cm³/mol. The van der Waals surface area contributed by atoms with Gasteiger partial charge in [0, 0.05) is 0 Å².